The summed E-state index contributed by atoms with van der Waals surface area (Å²) in [5.41, 5.74) is -0.290. The first kappa shape index (κ1) is 11.1. The Bertz CT molecular complexity index is 274. The topological polar surface area (TPSA) is 26.3 Å². The molecule has 0 aromatic carbocycles. The van der Waals surface area contributed by atoms with Crippen molar-refractivity contribution in [3.63, 3.8) is 0 Å². The predicted octanol–water partition coefficient (Wildman–Crippen LogP) is 2.95. The summed E-state index contributed by atoms with van der Waals surface area (Å²) in [5.74, 6) is 0.395. The van der Waals surface area contributed by atoms with Crippen LogP contribution in [0.2, 0.25) is 0 Å². The molecule has 0 amide bonds. The van der Waals surface area contributed by atoms with Gasteiger partial charge in [-0.15, -0.1) is 0 Å². The van der Waals surface area contributed by atoms with E-state index in [9.17, 15) is 4.79 Å². The summed E-state index contributed by atoms with van der Waals surface area (Å²) >= 11 is 0. The zero-order chi connectivity index (χ0) is 11.3. The van der Waals surface area contributed by atoms with Crippen molar-refractivity contribution in [2.24, 2.45) is 11.3 Å². The number of carbonyl (C=O) groups excluding carboxylic acids is 1. The fraction of sp³-hybridized carbons (Fsp3) is 0.923. The van der Waals surface area contributed by atoms with Gasteiger partial charge in [-0.05, 0) is 47.0 Å². The van der Waals surface area contributed by atoms with Crippen LogP contribution < -0.4 is 0 Å². The first-order chi connectivity index (χ1) is 6.81. The summed E-state index contributed by atoms with van der Waals surface area (Å²) in [5, 5.41) is 0. The Morgan fingerprint density at radius 2 is 1.80 bits per heavy atom. The van der Waals surface area contributed by atoms with Gasteiger partial charge in [-0.2, -0.15) is 0 Å². The van der Waals surface area contributed by atoms with Crippen LogP contribution in [0.25, 0.3) is 0 Å². The zero-order valence-electron chi connectivity index (χ0n) is 10.3. The van der Waals surface area contributed by atoms with Crippen molar-refractivity contribution < 1.29 is 9.53 Å². The van der Waals surface area contributed by atoms with E-state index in [2.05, 4.69) is 27.7 Å². The molecule has 0 N–H and O–H groups in total. The van der Waals surface area contributed by atoms with Crippen molar-refractivity contribution in [3.05, 3.63) is 0 Å². The van der Waals surface area contributed by atoms with Crippen LogP contribution in [0.1, 0.15) is 53.4 Å². The third-order valence-electron chi connectivity index (χ3n) is 4.29. The van der Waals surface area contributed by atoms with Gasteiger partial charge in [0.1, 0.15) is 6.29 Å². The summed E-state index contributed by atoms with van der Waals surface area (Å²) in [6.07, 6.45) is 5.53. The highest BCUT2D eigenvalue weighted by Gasteiger charge is 2.57. The van der Waals surface area contributed by atoms with Gasteiger partial charge in [0.15, 0.2) is 0 Å². The minimum Gasteiger partial charge on any atom is -0.369 e. The Hall–Kier alpha value is -0.370. The maximum atomic E-state index is 11.3. The van der Waals surface area contributed by atoms with E-state index in [0.717, 1.165) is 19.3 Å². The highest BCUT2D eigenvalue weighted by atomic mass is 16.5. The molecule has 0 bridgehead atoms. The molecule has 1 aliphatic heterocycles. The number of ether oxygens (including phenoxy) is 1. The van der Waals surface area contributed by atoms with Gasteiger partial charge in [0.2, 0.25) is 0 Å². The van der Waals surface area contributed by atoms with Gasteiger partial charge in [0.05, 0.1) is 11.2 Å². The second-order valence-electron chi connectivity index (χ2n) is 6.43. The minimum absolute atomic E-state index is 0.0697. The molecule has 0 radical (unpaired) electrons. The van der Waals surface area contributed by atoms with Gasteiger partial charge in [0.25, 0.3) is 0 Å². The van der Waals surface area contributed by atoms with Crippen LogP contribution in [0.4, 0.5) is 0 Å². The summed E-state index contributed by atoms with van der Waals surface area (Å²) in [7, 11) is 0. The molecular weight excluding hydrogens is 188 g/mol. The van der Waals surface area contributed by atoms with Crippen LogP contribution in [-0.2, 0) is 9.53 Å². The molecule has 1 aliphatic carbocycles. The lowest BCUT2D eigenvalue weighted by molar-refractivity contribution is -0.135. The maximum absolute atomic E-state index is 11.3. The van der Waals surface area contributed by atoms with Crippen molar-refractivity contribution in [2.45, 2.75) is 64.6 Å². The van der Waals surface area contributed by atoms with Crippen molar-refractivity contribution in [1.29, 1.82) is 0 Å². The number of hydrogen-bond donors (Lipinski definition) is 0. The number of hydrogen-bond acceptors (Lipinski definition) is 2. The Labute approximate surface area is 92.4 Å². The maximum Gasteiger partial charge on any atom is 0.126 e. The first-order valence-corrected chi connectivity index (χ1v) is 5.98. The largest absolute Gasteiger partial charge is 0.369 e. The Morgan fingerprint density at radius 3 is 2.07 bits per heavy atom. The minimum atomic E-state index is -0.148. The molecule has 1 atom stereocenters. The fourth-order valence-corrected chi connectivity index (χ4v) is 3.59. The second-order valence-corrected chi connectivity index (χ2v) is 6.43. The third kappa shape index (κ3) is 1.63. The third-order valence-corrected chi connectivity index (χ3v) is 4.29. The van der Waals surface area contributed by atoms with E-state index >= 15 is 0 Å². The average molecular weight is 210 g/mol. The van der Waals surface area contributed by atoms with E-state index < -0.39 is 0 Å². The summed E-state index contributed by atoms with van der Waals surface area (Å²) in [6.45, 7) is 8.53. The quantitative estimate of drug-likeness (QED) is 0.655. The molecule has 1 saturated heterocycles. The van der Waals surface area contributed by atoms with Crippen LogP contribution >= 0.6 is 0 Å². The van der Waals surface area contributed by atoms with Crippen molar-refractivity contribution >= 4 is 6.29 Å². The van der Waals surface area contributed by atoms with E-state index in [1.165, 1.54) is 12.7 Å². The summed E-state index contributed by atoms with van der Waals surface area (Å²) < 4.78 is 6.07. The molecule has 1 unspecified atom stereocenters. The molecule has 2 heteroatoms. The fourth-order valence-electron chi connectivity index (χ4n) is 3.59. The van der Waals surface area contributed by atoms with Gasteiger partial charge in [-0.25, -0.2) is 0 Å². The van der Waals surface area contributed by atoms with Crippen molar-refractivity contribution in [2.75, 3.05) is 0 Å². The standard InChI is InChI=1S/C13H22O2/c1-11(2)8-10(12(3,4)15-11)13(9-14)6-5-7-13/h9-10H,5-8H2,1-4H3. The molecule has 0 aromatic heterocycles. The van der Waals surface area contributed by atoms with Gasteiger partial charge in [-0.3, -0.25) is 0 Å². The normalized spacial score (nSPS) is 35.9. The van der Waals surface area contributed by atoms with Crippen molar-refractivity contribution in [1.82, 2.24) is 0 Å². The molecule has 2 rings (SSSR count). The van der Waals surface area contributed by atoms with Crippen LogP contribution in [0.5, 0.6) is 0 Å². The molecular formula is C13H22O2. The zero-order valence-corrected chi connectivity index (χ0v) is 10.3. The van der Waals surface area contributed by atoms with E-state index in [-0.39, 0.29) is 16.6 Å². The number of rotatable bonds is 2. The van der Waals surface area contributed by atoms with Crippen LogP contribution in [0, 0.1) is 11.3 Å². The first-order valence-electron chi connectivity index (χ1n) is 5.98. The van der Waals surface area contributed by atoms with E-state index in [1.54, 1.807) is 0 Å². The lowest BCUT2D eigenvalue weighted by Gasteiger charge is -2.46. The average Bonchev–Trinajstić information content (AvgIpc) is 2.19. The van der Waals surface area contributed by atoms with E-state index in [4.69, 9.17) is 4.74 Å². The Balaban J connectivity index is 2.25. The van der Waals surface area contributed by atoms with E-state index in [0.29, 0.717) is 5.92 Å². The SMILES string of the molecule is CC1(C)CC(C2(C=O)CCC2)C(C)(C)O1. The van der Waals surface area contributed by atoms with Crippen LogP contribution in [0.15, 0.2) is 0 Å². The molecule has 15 heavy (non-hydrogen) atoms. The smallest absolute Gasteiger partial charge is 0.126 e. The molecule has 2 nitrogen and oxygen atoms in total. The Morgan fingerprint density at radius 1 is 1.20 bits per heavy atom. The predicted molar refractivity (Wildman–Crippen MR) is 59.7 cm³/mol. The molecule has 2 aliphatic rings. The highest BCUT2D eigenvalue weighted by molar-refractivity contribution is 5.62. The number of carbonyl (C=O) groups is 1. The van der Waals surface area contributed by atoms with Crippen LogP contribution in [-0.4, -0.2) is 17.5 Å². The van der Waals surface area contributed by atoms with Crippen LogP contribution in [0.3, 0.4) is 0 Å². The second kappa shape index (κ2) is 3.07. The lowest BCUT2D eigenvalue weighted by Crippen LogP contribution is -2.46. The molecule has 0 spiro atoms. The Kier molecular flexibility index (Phi) is 2.27. The van der Waals surface area contributed by atoms with Gasteiger partial charge >= 0.3 is 0 Å². The summed E-state index contributed by atoms with van der Waals surface area (Å²) in [6, 6.07) is 0. The van der Waals surface area contributed by atoms with Gasteiger partial charge in [-0.1, -0.05) is 6.42 Å². The monoisotopic (exact) mass is 210 g/mol. The van der Waals surface area contributed by atoms with E-state index in [1.807, 2.05) is 0 Å². The van der Waals surface area contributed by atoms with Gasteiger partial charge < -0.3 is 9.53 Å². The van der Waals surface area contributed by atoms with Gasteiger partial charge in [0, 0.05) is 11.3 Å². The highest BCUT2D eigenvalue weighted by Crippen LogP contribution is 2.57. The molecule has 86 valence electrons. The number of aldehydes is 1. The molecule has 1 heterocycles. The summed E-state index contributed by atoms with van der Waals surface area (Å²) in [4.78, 5) is 11.3. The molecule has 1 saturated carbocycles. The molecule has 2 fully saturated rings. The van der Waals surface area contributed by atoms with Crippen molar-refractivity contribution in [3.8, 4) is 0 Å². The lowest BCUT2D eigenvalue weighted by atomic mass is 9.57. The molecule has 0 aromatic rings.